The fraction of sp³-hybridized carbons (Fsp3) is 0.692. The smallest absolute Gasteiger partial charge is 0.313 e. The van der Waals surface area contributed by atoms with Crippen molar-refractivity contribution in [2.75, 3.05) is 13.2 Å². The van der Waals surface area contributed by atoms with Gasteiger partial charge in [-0.3, -0.25) is 4.79 Å². The van der Waals surface area contributed by atoms with Crippen LogP contribution in [0.2, 0.25) is 0 Å². The summed E-state index contributed by atoms with van der Waals surface area (Å²) >= 11 is 0. The summed E-state index contributed by atoms with van der Waals surface area (Å²) in [4.78, 5) is 53.1. The molecule has 0 aromatic rings. The van der Waals surface area contributed by atoms with Crippen LogP contribution >= 0.6 is 0 Å². The zero-order valence-electron chi connectivity index (χ0n) is 12.0. The van der Waals surface area contributed by atoms with Gasteiger partial charge in [0, 0.05) is 0 Å². The minimum absolute atomic E-state index is 0.0135. The lowest BCUT2D eigenvalue weighted by Crippen LogP contribution is -2.38. The first-order valence-corrected chi connectivity index (χ1v) is 6.44. The molecule has 0 aliphatic heterocycles. The fourth-order valence-electron chi connectivity index (χ4n) is 1.73. The lowest BCUT2D eigenvalue weighted by atomic mass is 9.90. The van der Waals surface area contributed by atoms with E-state index in [0.29, 0.717) is 12.8 Å². The molecule has 1 unspecified atom stereocenters. The van der Waals surface area contributed by atoms with Gasteiger partial charge in [0.15, 0.2) is 5.66 Å². The van der Waals surface area contributed by atoms with Gasteiger partial charge in [0.25, 0.3) is 0 Å². The predicted molar refractivity (Wildman–Crippen MR) is 71.6 cm³/mol. The first kappa shape index (κ1) is 18.6. The van der Waals surface area contributed by atoms with Crippen molar-refractivity contribution in [2.45, 2.75) is 38.8 Å². The molecule has 0 saturated carbocycles. The first-order valence-electron chi connectivity index (χ1n) is 6.44. The van der Waals surface area contributed by atoms with Crippen LogP contribution in [0.3, 0.4) is 0 Å². The van der Waals surface area contributed by atoms with Gasteiger partial charge in [0.1, 0.15) is 12.5 Å². The summed E-state index contributed by atoms with van der Waals surface area (Å²) in [5.41, 5.74) is -1.59. The van der Waals surface area contributed by atoms with Gasteiger partial charge < -0.3 is 4.74 Å². The second-order valence-electron chi connectivity index (χ2n) is 4.34. The molecule has 8 heteroatoms. The van der Waals surface area contributed by atoms with Crippen molar-refractivity contribution in [3.8, 4) is 0 Å². The second kappa shape index (κ2) is 10.4. The van der Waals surface area contributed by atoms with Crippen LogP contribution in [0.25, 0.3) is 0 Å². The van der Waals surface area contributed by atoms with Crippen molar-refractivity contribution < 1.29 is 23.9 Å². The molecule has 0 fully saturated rings. The Labute approximate surface area is 122 Å². The van der Waals surface area contributed by atoms with E-state index in [9.17, 15) is 19.2 Å². The van der Waals surface area contributed by atoms with E-state index < -0.39 is 17.6 Å². The Kier molecular flexibility index (Phi) is 9.22. The summed E-state index contributed by atoms with van der Waals surface area (Å²) in [6.45, 7) is 3.15. The van der Waals surface area contributed by atoms with Crippen molar-refractivity contribution in [3.05, 3.63) is 0 Å². The Morgan fingerprint density at radius 1 is 1.19 bits per heavy atom. The second-order valence-corrected chi connectivity index (χ2v) is 4.34. The maximum Gasteiger partial charge on any atom is 0.313 e. The Morgan fingerprint density at radius 2 is 1.81 bits per heavy atom. The van der Waals surface area contributed by atoms with Crippen LogP contribution in [0.5, 0.6) is 0 Å². The molecule has 0 aliphatic carbocycles. The van der Waals surface area contributed by atoms with Gasteiger partial charge in [0.05, 0.1) is 6.54 Å². The molecule has 0 heterocycles. The Balaban J connectivity index is 5.13. The molecule has 0 N–H and O–H groups in total. The molecule has 0 rings (SSSR count). The summed E-state index contributed by atoms with van der Waals surface area (Å²) in [5.74, 6) is -1.59. The third-order valence-electron chi connectivity index (χ3n) is 2.85. The van der Waals surface area contributed by atoms with Gasteiger partial charge in [-0.25, -0.2) is 19.4 Å². The van der Waals surface area contributed by atoms with Crippen LogP contribution in [0, 0.1) is 5.92 Å². The third kappa shape index (κ3) is 6.54. The number of rotatable bonds is 10. The Hall–Kier alpha value is -2.39. The van der Waals surface area contributed by atoms with Crippen molar-refractivity contribution in [2.24, 2.45) is 20.9 Å². The highest BCUT2D eigenvalue weighted by Gasteiger charge is 2.40. The van der Waals surface area contributed by atoms with Gasteiger partial charge in [-0.2, -0.15) is 9.98 Å². The number of carbonyl (C=O) groups is 1. The zero-order chi connectivity index (χ0) is 16.1. The summed E-state index contributed by atoms with van der Waals surface area (Å²) < 4.78 is 4.95. The van der Waals surface area contributed by atoms with E-state index in [0.717, 1.165) is 6.42 Å². The van der Waals surface area contributed by atoms with Gasteiger partial charge in [0.2, 0.25) is 18.2 Å². The highest BCUT2D eigenvalue weighted by atomic mass is 16.5. The van der Waals surface area contributed by atoms with Gasteiger partial charge in [-0.15, -0.1) is 0 Å². The topological polar surface area (TPSA) is 115 Å². The van der Waals surface area contributed by atoms with Gasteiger partial charge in [-0.1, -0.05) is 19.8 Å². The molecule has 0 saturated heterocycles. The number of isocyanates is 3. The van der Waals surface area contributed by atoms with E-state index in [2.05, 4.69) is 15.0 Å². The molecule has 1 atom stereocenters. The van der Waals surface area contributed by atoms with Crippen molar-refractivity contribution in [1.82, 2.24) is 0 Å². The Bertz CT molecular complexity index is 468. The predicted octanol–water partition coefficient (Wildman–Crippen LogP) is 1.06. The highest BCUT2D eigenvalue weighted by molar-refractivity contribution is 5.74. The Morgan fingerprint density at radius 3 is 2.29 bits per heavy atom. The quantitative estimate of drug-likeness (QED) is 0.259. The number of ether oxygens (including phenoxy) is 1. The van der Waals surface area contributed by atoms with Crippen LogP contribution < -0.4 is 0 Å². The summed E-state index contributed by atoms with van der Waals surface area (Å²) in [6, 6.07) is 0. The molecule has 0 aromatic heterocycles. The summed E-state index contributed by atoms with van der Waals surface area (Å²) in [7, 11) is 0. The highest BCUT2D eigenvalue weighted by Crippen LogP contribution is 2.29. The standard InChI is InChI=1S/C13H17N3O5/c1-3-4-5-11(12(20)21-7-6-14-8-17)13(2,15-9-18)16-10-19/h11H,3-7H2,1-2H3. The molecule has 0 aliphatic rings. The van der Waals surface area contributed by atoms with Crippen molar-refractivity contribution >= 4 is 24.2 Å². The molecule has 0 amide bonds. The largest absolute Gasteiger partial charge is 0.463 e. The number of unbranched alkanes of at least 4 members (excludes halogenated alkanes) is 1. The van der Waals surface area contributed by atoms with E-state index >= 15 is 0 Å². The van der Waals surface area contributed by atoms with Crippen molar-refractivity contribution in [1.29, 1.82) is 0 Å². The fourth-order valence-corrected chi connectivity index (χ4v) is 1.73. The maximum absolute atomic E-state index is 12.1. The van der Waals surface area contributed by atoms with Crippen LogP contribution in [0.4, 0.5) is 0 Å². The van der Waals surface area contributed by atoms with Crippen LogP contribution in [-0.2, 0) is 23.9 Å². The van der Waals surface area contributed by atoms with E-state index in [-0.39, 0.29) is 13.2 Å². The SMILES string of the molecule is CCCCC(C(=O)OCCN=C=O)C(C)(N=C=O)N=C=O. The summed E-state index contributed by atoms with van der Waals surface area (Å²) in [5, 5.41) is 0. The minimum atomic E-state index is -1.59. The monoisotopic (exact) mass is 295 g/mol. The normalized spacial score (nSPS) is 13.6. The molecule has 21 heavy (non-hydrogen) atoms. The molecule has 0 radical (unpaired) electrons. The molecular formula is C13H17N3O5. The van der Waals surface area contributed by atoms with E-state index in [4.69, 9.17) is 4.74 Å². The van der Waals surface area contributed by atoms with Crippen LogP contribution in [0.15, 0.2) is 15.0 Å². The first-order chi connectivity index (χ1) is 10.1. The van der Waals surface area contributed by atoms with E-state index in [1.807, 2.05) is 6.92 Å². The van der Waals surface area contributed by atoms with Crippen molar-refractivity contribution in [3.63, 3.8) is 0 Å². The average Bonchev–Trinajstić information content (AvgIpc) is 2.44. The van der Waals surface area contributed by atoms with Crippen LogP contribution in [0.1, 0.15) is 33.1 Å². The molecule has 114 valence electrons. The minimum Gasteiger partial charge on any atom is -0.463 e. The third-order valence-corrected chi connectivity index (χ3v) is 2.85. The van der Waals surface area contributed by atoms with Gasteiger partial charge in [-0.05, 0) is 13.3 Å². The molecule has 0 aromatic carbocycles. The van der Waals surface area contributed by atoms with E-state index in [1.54, 1.807) is 0 Å². The number of carbonyl (C=O) groups excluding carboxylic acids is 4. The number of nitrogens with zero attached hydrogens (tertiary/aromatic N) is 3. The molecule has 0 bridgehead atoms. The number of esters is 1. The molecule has 8 nitrogen and oxygen atoms in total. The molecular weight excluding hydrogens is 278 g/mol. The lowest BCUT2D eigenvalue weighted by Gasteiger charge is -2.26. The number of hydrogen-bond donors (Lipinski definition) is 0. The van der Waals surface area contributed by atoms with Gasteiger partial charge >= 0.3 is 5.97 Å². The number of hydrogen-bond acceptors (Lipinski definition) is 8. The number of aliphatic imine (C=N–C) groups is 3. The maximum atomic E-state index is 12.1. The van der Waals surface area contributed by atoms with Crippen LogP contribution in [-0.4, -0.2) is 43.0 Å². The zero-order valence-corrected chi connectivity index (χ0v) is 12.0. The average molecular weight is 295 g/mol. The molecule has 0 spiro atoms. The lowest BCUT2D eigenvalue weighted by molar-refractivity contribution is -0.150. The summed E-state index contributed by atoms with van der Waals surface area (Å²) in [6.07, 6.45) is 5.72. The van der Waals surface area contributed by atoms with E-state index in [1.165, 1.54) is 25.2 Å².